The van der Waals surface area contributed by atoms with Crippen molar-refractivity contribution >= 4 is 27.8 Å². The van der Waals surface area contributed by atoms with Gasteiger partial charge in [0.2, 0.25) is 0 Å². The molecule has 4 saturated carbocycles. The smallest absolute Gasteiger partial charge is 0.0713 e. The molecule has 1 heteroatoms. The Hall–Kier alpha value is -7.74. The molecule has 74 heavy (non-hydrogen) atoms. The summed E-state index contributed by atoms with van der Waals surface area (Å²) in [5, 5.41) is 2.52. The van der Waals surface area contributed by atoms with Crippen molar-refractivity contribution in [3.8, 4) is 44.5 Å². The summed E-state index contributed by atoms with van der Waals surface area (Å²) >= 11 is 0. The van der Waals surface area contributed by atoms with E-state index in [2.05, 4.69) is 256 Å². The van der Waals surface area contributed by atoms with Crippen LogP contribution in [0.2, 0.25) is 0 Å². The van der Waals surface area contributed by atoms with Gasteiger partial charge in [-0.1, -0.05) is 209 Å². The first-order valence-electron chi connectivity index (χ1n) is 27.4. The quantitative estimate of drug-likeness (QED) is 0.154. The van der Waals surface area contributed by atoms with Gasteiger partial charge in [-0.3, -0.25) is 0 Å². The van der Waals surface area contributed by atoms with E-state index in [1.165, 1.54) is 132 Å². The lowest BCUT2D eigenvalue weighted by Gasteiger charge is -2.61. The van der Waals surface area contributed by atoms with Crippen LogP contribution in [-0.4, -0.2) is 0 Å². The second-order valence-corrected chi connectivity index (χ2v) is 23.6. The Morgan fingerprint density at radius 3 is 1.61 bits per heavy atom. The van der Waals surface area contributed by atoms with Gasteiger partial charge in [0.05, 0.1) is 11.1 Å². The maximum absolute atomic E-state index is 2.63. The Morgan fingerprint density at radius 1 is 0.378 bits per heavy atom. The maximum atomic E-state index is 2.63. The zero-order chi connectivity index (χ0) is 49.3. The molecule has 6 aliphatic rings. The Morgan fingerprint density at radius 2 is 0.919 bits per heavy atom. The van der Waals surface area contributed by atoms with Gasteiger partial charge in [0.25, 0.3) is 0 Å². The van der Waals surface area contributed by atoms with Crippen molar-refractivity contribution in [2.75, 3.05) is 4.90 Å². The lowest BCUT2D eigenvalue weighted by atomic mass is 9.42. The van der Waals surface area contributed by atoms with Crippen molar-refractivity contribution in [1.82, 2.24) is 0 Å². The van der Waals surface area contributed by atoms with Gasteiger partial charge >= 0.3 is 0 Å². The molecule has 1 spiro atoms. The third-order valence-electron chi connectivity index (χ3n) is 18.8. The summed E-state index contributed by atoms with van der Waals surface area (Å²) < 4.78 is 0. The predicted molar refractivity (Wildman–Crippen MR) is 309 cm³/mol. The van der Waals surface area contributed by atoms with Crippen LogP contribution in [-0.2, 0) is 16.2 Å². The highest BCUT2D eigenvalue weighted by Gasteiger charge is 2.63. The van der Waals surface area contributed by atoms with Gasteiger partial charge in [-0.2, -0.15) is 0 Å². The van der Waals surface area contributed by atoms with E-state index in [4.69, 9.17) is 0 Å². The molecule has 0 aromatic heterocycles. The first-order chi connectivity index (χ1) is 36.3. The Labute approximate surface area is 437 Å². The van der Waals surface area contributed by atoms with Crippen LogP contribution in [0.3, 0.4) is 0 Å². The Bertz CT molecular complexity index is 3750. The van der Waals surface area contributed by atoms with Crippen LogP contribution in [0.15, 0.2) is 231 Å². The molecule has 16 rings (SSSR count). The maximum Gasteiger partial charge on any atom is 0.0713 e. The Balaban J connectivity index is 0.954. The van der Waals surface area contributed by atoms with Crippen LogP contribution in [0.25, 0.3) is 55.3 Å². The summed E-state index contributed by atoms with van der Waals surface area (Å²) in [5.41, 5.74) is 23.7. The fourth-order valence-electron chi connectivity index (χ4n) is 16.2. The number of hydrogen-bond donors (Lipinski definition) is 0. The number of fused-ring (bicyclic) bond motifs is 7. The molecular formula is C73H61N. The number of rotatable bonds is 7. The first kappa shape index (κ1) is 43.8. The average molecular weight is 952 g/mol. The molecule has 0 unspecified atom stereocenters. The van der Waals surface area contributed by atoms with Gasteiger partial charge in [-0.15, -0.1) is 0 Å². The molecule has 4 bridgehead atoms. The van der Waals surface area contributed by atoms with Crippen LogP contribution in [0.5, 0.6) is 0 Å². The molecule has 0 amide bonds. The summed E-state index contributed by atoms with van der Waals surface area (Å²) in [7, 11) is 0. The Kier molecular flexibility index (Phi) is 9.70. The number of anilines is 3. The van der Waals surface area contributed by atoms with E-state index in [1.54, 1.807) is 11.1 Å². The normalized spacial score (nSPS) is 21.3. The second-order valence-electron chi connectivity index (χ2n) is 23.6. The topological polar surface area (TPSA) is 3.24 Å². The minimum atomic E-state index is -0.449. The van der Waals surface area contributed by atoms with E-state index >= 15 is 0 Å². The largest absolute Gasteiger partial charge is 0.310 e. The van der Waals surface area contributed by atoms with Crippen molar-refractivity contribution in [3.05, 3.63) is 269 Å². The van der Waals surface area contributed by atoms with Gasteiger partial charge in [-0.05, 0) is 198 Å². The van der Waals surface area contributed by atoms with Crippen molar-refractivity contribution in [3.63, 3.8) is 0 Å². The van der Waals surface area contributed by atoms with Crippen molar-refractivity contribution in [2.24, 2.45) is 23.7 Å². The molecule has 10 aromatic rings. The van der Waals surface area contributed by atoms with Crippen LogP contribution in [0.4, 0.5) is 17.1 Å². The number of hydrogen-bond acceptors (Lipinski definition) is 1. The third kappa shape index (κ3) is 6.29. The van der Waals surface area contributed by atoms with Crippen LogP contribution >= 0.6 is 0 Å². The molecule has 0 saturated heterocycles. The molecule has 0 heterocycles. The standard InChI is InChI=1S/C73H61N/c1-71(2,3)70-68(74(60-34-29-50-19-13-14-20-52(50)44-60)59-32-27-51(28-33-59)49-17-7-4-8-18-49)38-36-63-64-45-53(31-37-66(64)73(69(63)70)57-40-47-39-48(42-57)43-58(73)41-47)54-30-35-62-61-25-15-16-26-65(61)72(67(62)46-54,55-21-9-5-10-22-55)56-23-11-6-12-24-56/h4-38,44-48,57-58H,39-43H2,1-3H3. The van der Waals surface area contributed by atoms with Crippen LogP contribution in [0, 0.1) is 23.7 Å². The van der Waals surface area contributed by atoms with Gasteiger partial charge in [-0.25, -0.2) is 0 Å². The monoisotopic (exact) mass is 951 g/mol. The van der Waals surface area contributed by atoms with E-state index < -0.39 is 5.41 Å². The summed E-state index contributed by atoms with van der Waals surface area (Å²) in [6.45, 7) is 7.49. The lowest BCUT2D eigenvalue weighted by Crippen LogP contribution is -2.56. The zero-order valence-corrected chi connectivity index (χ0v) is 42.7. The molecule has 358 valence electrons. The van der Waals surface area contributed by atoms with Crippen molar-refractivity contribution in [2.45, 2.75) is 69.1 Å². The SMILES string of the molecule is CC(C)(C)c1c(N(c2ccc(-c3ccccc3)cc2)c2ccc3ccccc3c2)ccc2c1C1(c3ccc(-c4ccc5c(c4)C(c4ccccc4)(c4ccccc4)c4ccccc4-5)cc3-2)C2CC3CC(C2)CC1C3. The lowest BCUT2D eigenvalue weighted by molar-refractivity contribution is -0.0404. The molecule has 10 aromatic carbocycles. The molecule has 4 fully saturated rings. The fourth-order valence-corrected chi connectivity index (χ4v) is 16.2. The van der Waals surface area contributed by atoms with Gasteiger partial charge in [0.15, 0.2) is 0 Å². The highest BCUT2D eigenvalue weighted by Crippen LogP contribution is 2.71. The second kappa shape index (κ2) is 16.4. The van der Waals surface area contributed by atoms with E-state index in [-0.39, 0.29) is 10.8 Å². The molecule has 1 nitrogen and oxygen atoms in total. The minimum Gasteiger partial charge on any atom is -0.310 e. The molecule has 6 aliphatic carbocycles. The van der Waals surface area contributed by atoms with E-state index in [0.29, 0.717) is 11.8 Å². The highest BCUT2D eigenvalue weighted by atomic mass is 15.1. The summed E-state index contributed by atoms with van der Waals surface area (Å²) in [4.78, 5) is 2.61. The van der Waals surface area contributed by atoms with Crippen LogP contribution in [0.1, 0.15) is 91.8 Å². The molecule has 0 radical (unpaired) electrons. The summed E-state index contributed by atoms with van der Waals surface area (Å²) in [5.74, 6) is 2.93. The van der Waals surface area contributed by atoms with Crippen molar-refractivity contribution < 1.29 is 0 Å². The van der Waals surface area contributed by atoms with Gasteiger partial charge < -0.3 is 4.90 Å². The van der Waals surface area contributed by atoms with E-state index in [9.17, 15) is 0 Å². The van der Waals surface area contributed by atoms with Gasteiger partial charge in [0.1, 0.15) is 0 Å². The van der Waals surface area contributed by atoms with Crippen molar-refractivity contribution in [1.29, 1.82) is 0 Å². The zero-order valence-electron chi connectivity index (χ0n) is 42.7. The van der Waals surface area contributed by atoms with Crippen LogP contribution < -0.4 is 4.90 Å². The minimum absolute atomic E-state index is 0.0448. The predicted octanol–water partition coefficient (Wildman–Crippen LogP) is 19.0. The third-order valence-corrected chi connectivity index (χ3v) is 18.8. The summed E-state index contributed by atoms with van der Waals surface area (Å²) in [6, 6.07) is 87.9. The van der Waals surface area contributed by atoms with Gasteiger partial charge in [0, 0.05) is 16.8 Å². The highest BCUT2D eigenvalue weighted by molar-refractivity contribution is 5.95. The molecule has 0 atom stereocenters. The fraction of sp³-hybridized carbons (Fsp3) is 0.205. The van der Waals surface area contributed by atoms with E-state index in [0.717, 1.165) is 11.8 Å². The number of nitrogens with zero attached hydrogens (tertiary/aromatic N) is 1. The van der Waals surface area contributed by atoms with E-state index in [1.807, 2.05) is 0 Å². The first-order valence-corrected chi connectivity index (χ1v) is 27.4. The molecule has 0 aliphatic heterocycles. The molecular weight excluding hydrogens is 891 g/mol. The average Bonchev–Trinajstić information content (AvgIpc) is 4.09. The molecule has 0 N–H and O–H groups in total. The summed E-state index contributed by atoms with van der Waals surface area (Å²) in [6.07, 6.45) is 6.77. The number of benzene rings is 10.